The lowest BCUT2D eigenvalue weighted by atomic mass is 10.4. The van der Waals surface area contributed by atoms with Crippen molar-refractivity contribution < 1.29 is 67.9 Å². The molecule has 4 aliphatic rings. The lowest BCUT2D eigenvalue weighted by Gasteiger charge is -2.58. The van der Waals surface area contributed by atoms with E-state index in [9.17, 15) is 14.4 Å². The minimum absolute atomic E-state index is 0.225. The molecule has 26 heteroatoms. The maximum Gasteiger partial charge on any atom is 0.520 e. The molecule has 3 N–H and O–H groups in total. The first-order chi connectivity index (χ1) is 36.7. The van der Waals surface area contributed by atoms with Gasteiger partial charge in [0.05, 0.1) is 0 Å². The van der Waals surface area contributed by atoms with Crippen molar-refractivity contribution in [2.75, 3.05) is 0 Å². The van der Waals surface area contributed by atoms with E-state index in [1.807, 2.05) is 48.5 Å². The summed E-state index contributed by atoms with van der Waals surface area (Å²) in [5.41, 5.74) is 0. The first-order valence-electron chi connectivity index (χ1n) is 24.4. The molecule has 0 aromatic heterocycles. The lowest BCUT2D eigenvalue weighted by Crippen LogP contribution is -2.92. The Kier molecular flexibility index (Phi) is 13.8. The first-order valence-corrected chi connectivity index (χ1v) is 42.7. The van der Waals surface area contributed by atoms with Crippen LogP contribution < -0.4 is 41.5 Å². The molecule has 16 nitrogen and oxygen atoms in total. The average Bonchev–Trinajstić information content (AvgIpc) is 3.63. The quantitative estimate of drug-likeness (QED) is 0.167. The van der Waals surface area contributed by atoms with Gasteiger partial charge in [-0.05, 0) is 6.55 Å². The summed E-state index contributed by atoms with van der Waals surface area (Å²) < 4.78 is 102. The fourth-order valence-electron chi connectivity index (χ4n) is 9.50. The molecule has 6 unspecified atom stereocenters. The maximum atomic E-state index is 14.3. The molecule has 0 spiro atoms. The molecule has 4 saturated heterocycles. The number of benzene rings is 8. The highest BCUT2D eigenvalue weighted by Crippen LogP contribution is 2.44. The summed E-state index contributed by atoms with van der Waals surface area (Å²) in [4.78, 5) is 39.9. The van der Waals surface area contributed by atoms with E-state index in [0.717, 1.165) is 0 Å². The van der Waals surface area contributed by atoms with Crippen LogP contribution in [-0.2, 0) is 53.5 Å². The lowest BCUT2D eigenvalue weighted by molar-refractivity contribution is 0.0267. The van der Waals surface area contributed by atoms with Gasteiger partial charge in [0.15, 0.2) is 0 Å². The molecule has 0 saturated carbocycles. The Morgan fingerprint density at radius 2 is 0.500 bits per heavy atom. The SMILES string of the molecule is C[SiH](O)O[Si]1(c2ccccc2)O[Si]2(c3ccccc3)O[Si]3(c4ccccc4)O[Si](C)(O)O[Si]4(c5ccccc5)O[Si](c5ccccc5)(O[Si](O)(c5ccccc5)O[Si](c5ccccc5)(O4)O[Si](c4ccccc4)(O1)O3)O2. The molecule has 8 aromatic carbocycles. The highest BCUT2D eigenvalue weighted by Gasteiger charge is 2.82. The molecular weight excluding hydrogens is 1140 g/mol. The van der Waals surface area contributed by atoms with E-state index in [0.29, 0.717) is 25.9 Å². The molecule has 6 bridgehead atoms. The van der Waals surface area contributed by atoms with Gasteiger partial charge in [-0.1, -0.05) is 243 Å². The third kappa shape index (κ3) is 9.51. The van der Waals surface area contributed by atoms with E-state index in [1.165, 1.54) is 6.55 Å². The third-order valence-corrected chi connectivity index (χ3v) is 50.4. The van der Waals surface area contributed by atoms with Crippen molar-refractivity contribution >= 4 is 130 Å². The van der Waals surface area contributed by atoms with Crippen molar-refractivity contribution in [3.05, 3.63) is 243 Å². The maximum absolute atomic E-state index is 14.3. The summed E-state index contributed by atoms with van der Waals surface area (Å²) in [6.45, 7) is 3.03. The van der Waals surface area contributed by atoms with Crippen LogP contribution in [0.5, 0.6) is 0 Å². The fraction of sp³-hybridized carbons (Fsp3) is 0.0400. The largest absolute Gasteiger partial charge is 0.520 e. The van der Waals surface area contributed by atoms with E-state index >= 15 is 0 Å². The van der Waals surface area contributed by atoms with Crippen LogP contribution in [0.4, 0.5) is 0 Å². The van der Waals surface area contributed by atoms with Gasteiger partial charge in [0, 0.05) is 48.0 Å². The van der Waals surface area contributed by atoms with Gasteiger partial charge in [0.1, 0.15) is 0 Å². The molecule has 12 rings (SSSR count). The zero-order valence-electron chi connectivity index (χ0n) is 40.8. The summed E-state index contributed by atoms with van der Waals surface area (Å²) in [5.74, 6) is 0. The van der Waals surface area contributed by atoms with Crippen LogP contribution in [0.1, 0.15) is 0 Å². The summed E-state index contributed by atoms with van der Waals surface area (Å²) >= 11 is 0. The van der Waals surface area contributed by atoms with Crippen LogP contribution in [0.2, 0.25) is 13.1 Å². The second kappa shape index (κ2) is 20.2. The van der Waals surface area contributed by atoms with Crippen molar-refractivity contribution in [2.45, 2.75) is 13.1 Å². The van der Waals surface area contributed by atoms with Gasteiger partial charge in [-0.3, -0.25) is 0 Å². The van der Waals surface area contributed by atoms with Crippen molar-refractivity contribution in [3.63, 3.8) is 0 Å². The minimum atomic E-state index is -5.33. The third-order valence-electron chi connectivity index (χ3n) is 12.7. The van der Waals surface area contributed by atoms with Crippen LogP contribution >= 0.6 is 0 Å². The molecule has 0 aliphatic carbocycles. The smallest absolute Gasteiger partial charge is 0.413 e. The van der Waals surface area contributed by atoms with Crippen molar-refractivity contribution in [2.24, 2.45) is 0 Å². The summed E-state index contributed by atoms with van der Waals surface area (Å²) in [7, 11) is -50.3. The van der Waals surface area contributed by atoms with Crippen LogP contribution in [0.25, 0.3) is 0 Å². The van der Waals surface area contributed by atoms with Gasteiger partial charge >= 0.3 is 88.5 Å². The second-order valence-corrected chi connectivity index (χ2v) is 45.5. The standard InChI is InChI=1S/C50H50O16Si10/c1-67(51)54-70(44-29-13-4-14-30-44)59-75(49-39-23-9-24-40-49)63-72(46-33-17-6-18-34-46)56-68(2,52)55-71(45-31-15-5-16-32-45)61-73(65-75,47-35-19-7-20-36-47)57-69(53,43-27-11-3-12-28-43)58-74(62-71,48-37-21-8-22-38-48)66-76(60-70,64-72)50-41-25-10-26-42-50/h3-42,51-53,67H,1-2H3. The Morgan fingerprint density at radius 1 is 0.289 bits per heavy atom. The number of rotatable bonds is 10. The zero-order valence-corrected chi connectivity index (χ0v) is 51.0. The highest BCUT2D eigenvalue weighted by molar-refractivity contribution is 7.11. The molecule has 386 valence electrons. The van der Waals surface area contributed by atoms with Crippen molar-refractivity contribution in [1.29, 1.82) is 0 Å². The van der Waals surface area contributed by atoms with Gasteiger partial charge in [0.2, 0.25) is 0 Å². The van der Waals surface area contributed by atoms with Gasteiger partial charge in [0.25, 0.3) is 0 Å². The Morgan fingerprint density at radius 3 is 0.750 bits per heavy atom. The van der Waals surface area contributed by atoms with Crippen LogP contribution in [-0.4, -0.2) is 103 Å². The van der Waals surface area contributed by atoms with Crippen molar-refractivity contribution in [3.8, 4) is 0 Å². The molecule has 4 aliphatic heterocycles. The fourth-order valence-corrected chi connectivity index (χ4v) is 57.9. The Hall–Kier alpha value is -4.71. The molecule has 0 amide bonds. The summed E-state index contributed by atoms with van der Waals surface area (Å²) in [6, 6.07) is 71.2. The molecule has 6 atom stereocenters. The Labute approximate surface area is 450 Å². The van der Waals surface area contributed by atoms with Gasteiger partial charge in [-0.15, -0.1) is 0 Å². The monoisotopic (exact) mass is 1190 g/mol. The molecule has 0 radical (unpaired) electrons. The molecule has 4 heterocycles. The van der Waals surface area contributed by atoms with Crippen LogP contribution in [0, 0.1) is 0 Å². The zero-order chi connectivity index (χ0) is 52.2. The topological polar surface area (TPSA) is 181 Å². The molecule has 8 aromatic rings. The minimum Gasteiger partial charge on any atom is -0.413 e. The normalized spacial score (nSPS) is 33.7. The van der Waals surface area contributed by atoms with E-state index in [1.54, 1.807) is 201 Å². The highest BCUT2D eigenvalue weighted by atomic mass is 28.6. The number of hydrogen-bond acceptors (Lipinski definition) is 16. The van der Waals surface area contributed by atoms with Gasteiger partial charge < -0.3 is 67.9 Å². The average molecular weight is 1190 g/mol. The van der Waals surface area contributed by atoms with E-state index in [2.05, 4.69) is 0 Å². The number of hydrogen-bond donors (Lipinski definition) is 3. The Bertz CT molecular complexity index is 3160. The van der Waals surface area contributed by atoms with E-state index < -0.39 is 88.5 Å². The van der Waals surface area contributed by atoms with E-state index in [-0.39, 0.29) is 15.6 Å². The van der Waals surface area contributed by atoms with Crippen LogP contribution in [0.15, 0.2) is 243 Å². The molecule has 4 fully saturated rings. The second-order valence-electron chi connectivity index (χ2n) is 18.2. The predicted octanol–water partition coefficient (Wildman–Crippen LogP) is 1.42. The Balaban J connectivity index is 1.35. The van der Waals surface area contributed by atoms with E-state index in [4.69, 9.17) is 53.5 Å². The van der Waals surface area contributed by atoms with Gasteiger partial charge in [-0.2, -0.15) is 0 Å². The first kappa shape index (κ1) is 52.0. The summed E-state index contributed by atoms with van der Waals surface area (Å²) in [5, 5.41) is 2.43. The van der Waals surface area contributed by atoms with Crippen LogP contribution in [0.3, 0.4) is 0 Å². The molecule has 76 heavy (non-hydrogen) atoms. The number of fused-ring (bicyclic) bond motifs is 6. The predicted molar refractivity (Wildman–Crippen MR) is 300 cm³/mol. The summed E-state index contributed by atoms with van der Waals surface area (Å²) in [6.07, 6.45) is 0. The molecular formula is C50H50O16Si10. The van der Waals surface area contributed by atoms with Crippen molar-refractivity contribution in [1.82, 2.24) is 0 Å². The van der Waals surface area contributed by atoms with Gasteiger partial charge in [-0.25, -0.2) is 0 Å².